The van der Waals surface area contributed by atoms with E-state index in [1.807, 2.05) is 0 Å². The van der Waals surface area contributed by atoms with Crippen LogP contribution in [0.5, 0.6) is 0 Å². The first-order valence-electron chi connectivity index (χ1n) is 5.08. The summed E-state index contributed by atoms with van der Waals surface area (Å²) in [6, 6.07) is 2.47. The molecule has 0 aliphatic heterocycles. The molecule has 0 aliphatic rings. The number of pyridine rings is 1. The van der Waals surface area contributed by atoms with Gasteiger partial charge in [-0.3, -0.25) is 0 Å². The molecule has 0 saturated heterocycles. The van der Waals surface area contributed by atoms with Crippen molar-refractivity contribution in [2.45, 2.75) is 11.8 Å². The number of nitrogens with zero attached hydrogens (tertiary/aromatic N) is 1. The molecule has 0 spiro atoms. The molecule has 18 heavy (non-hydrogen) atoms. The van der Waals surface area contributed by atoms with Gasteiger partial charge in [-0.15, -0.1) is 0 Å². The number of sulfone groups is 1. The largest absolute Gasteiger partial charge is 0.244 e. The first kappa shape index (κ1) is 15.4. The first-order valence-corrected chi connectivity index (χ1v) is 8.77. The smallest absolute Gasteiger partial charge is 0.240 e. The van der Waals surface area contributed by atoms with E-state index in [1.54, 1.807) is 0 Å². The van der Waals surface area contributed by atoms with Gasteiger partial charge in [-0.1, -0.05) is 18.5 Å². The van der Waals surface area contributed by atoms with E-state index in [-0.39, 0.29) is 28.1 Å². The summed E-state index contributed by atoms with van der Waals surface area (Å²) in [5.41, 5.74) is 0. The molecule has 0 amide bonds. The Kier molecular flexibility index (Phi) is 5.09. The molecule has 1 N–H and O–H groups in total. The fraction of sp³-hybridized carbons (Fsp3) is 0.444. The monoisotopic (exact) mass is 312 g/mol. The lowest BCUT2D eigenvalue weighted by atomic mass is 10.5. The summed E-state index contributed by atoms with van der Waals surface area (Å²) in [7, 11) is -6.95. The van der Waals surface area contributed by atoms with Crippen molar-refractivity contribution in [3.05, 3.63) is 23.5 Å². The summed E-state index contributed by atoms with van der Waals surface area (Å²) in [6.07, 6.45) is 1.26. The summed E-state index contributed by atoms with van der Waals surface area (Å²) >= 11 is 5.58. The Balaban J connectivity index is 2.72. The Hall–Kier alpha value is -0.700. The van der Waals surface area contributed by atoms with Gasteiger partial charge in [0.2, 0.25) is 10.0 Å². The van der Waals surface area contributed by atoms with Gasteiger partial charge in [-0.25, -0.2) is 26.5 Å². The molecule has 102 valence electrons. The number of hydrogen-bond acceptors (Lipinski definition) is 5. The molecule has 0 bridgehead atoms. The van der Waals surface area contributed by atoms with E-state index in [2.05, 4.69) is 9.71 Å². The van der Waals surface area contributed by atoms with Crippen molar-refractivity contribution < 1.29 is 16.8 Å². The first-order chi connectivity index (χ1) is 8.27. The van der Waals surface area contributed by atoms with Crippen molar-refractivity contribution in [2.24, 2.45) is 0 Å². The third kappa shape index (κ3) is 4.52. The van der Waals surface area contributed by atoms with Gasteiger partial charge in [0.1, 0.15) is 5.15 Å². The molecule has 1 rings (SSSR count). The van der Waals surface area contributed by atoms with Crippen molar-refractivity contribution in [3.8, 4) is 0 Å². The van der Waals surface area contributed by atoms with Gasteiger partial charge in [0, 0.05) is 18.5 Å². The second-order valence-corrected chi connectivity index (χ2v) is 8.08. The third-order valence-corrected chi connectivity index (χ3v) is 5.52. The SMILES string of the molecule is CCS(=O)(=O)CCNS(=O)(=O)c1ccnc(Cl)c1. The summed E-state index contributed by atoms with van der Waals surface area (Å²) in [6.45, 7) is 1.34. The van der Waals surface area contributed by atoms with Crippen LogP contribution in [0.2, 0.25) is 5.15 Å². The zero-order chi connectivity index (χ0) is 13.8. The highest BCUT2D eigenvalue weighted by molar-refractivity contribution is 7.91. The predicted molar refractivity (Wildman–Crippen MR) is 68.8 cm³/mol. The lowest BCUT2D eigenvalue weighted by Gasteiger charge is -2.06. The lowest BCUT2D eigenvalue weighted by molar-refractivity contribution is 0.581. The Bertz CT molecular complexity index is 613. The van der Waals surface area contributed by atoms with Crippen LogP contribution >= 0.6 is 11.6 Å². The Labute approximate surface area is 111 Å². The highest BCUT2D eigenvalue weighted by atomic mass is 35.5. The fourth-order valence-electron chi connectivity index (χ4n) is 1.11. The highest BCUT2D eigenvalue weighted by Crippen LogP contribution is 2.12. The van der Waals surface area contributed by atoms with E-state index in [4.69, 9.17) is 11.6 Å². The van der Waals surface area contributed by atoms with Gasteiger partial charge in [0.05, 0.1) is 10.6 Å². The van der Waals surface area contributed by atoms with Crippen LogP contribution in [0.1, 0.15) is 6.92 Å². The van der Waals surface area contributed by atoms with Crippen molar-refractivity contribution in [1.82, 2.24) is 9.71 Å². The molecule has 0 fully saturated rings. The molecule has 1 aromatic heterocycles. The topological polar surface area (TPSA) is 93.2 Å². The van der Waals surface area contributed by atoms with Crippen molar-refractivity contribution >= 4 is 31.5 Å². The second kappa shape index (κ2) is 5.96. The van der Waals surface area contributed by atoms with Crippen molar-refractivity contribution in [1.29, 1.82) is 0 Å². The normalized spacial score (nSPS) is 12.6. The van der Waals surface area contributed by atoms with E-state index in [0.29, 0.717) is 0 Å². The average molecular weight is 313 g/mol. The second-order valence-electron chi connectivity index (χ2n) is 3.45. The molecule has 1 heterocycles. The number of rotatable bonds is 6. The summed E-state index contributed by atoms with van der Waals surface area (Å²) in [5.74, 6) is -0.253. The van der Waals surface area contributed by atoms with Gasteiger partial charge in [-0.05, 0) is 12.1 Å². The van der Waals surface area contributed by atoms with E-state index in [9.17, 15) is 16.8 Å². The van der Waals surface area contributed by atoms with Crippen LogP contribution in [0, 0.1) is 0 Å². The Morgan fingerprint density at radius 3 is 2.56 bits per heavy atom. The molecule has 6 nitrogen and oxygen atoms in total. The van der Waals surface area contributed by atoms with Gasteiger partial charge >= 0.3 is 0 Å². The third-order valence-electron chi connectivity index (χ3n) is 2.15. The minimum absolute atomic E-state index is 0.0180. The molecule has 0 radical (unpaired) electrons. The van der Waals surface area contributed by atoms with Crippen LogP contribution in [0.25, 0.3) is 0 Å². The Morgan fingerprint density at radius 1 is 1.33 bits per heavy atom. The maximum absolute atomic E-state index is 11.8. The summed E-state index contributed by atoms with van der Waals surface area (Å²) < 4.78 is 48.2. The van der Waals surface area contributed by atoms with Crippen LogP contribution in [0.15, 0.2) is 23.2 Å². The van der Waals surface area contributed by atoms with Crippen LogP contribution in [0.4, 0.5) is 0 Å². The molecule has 0 aromatic carbocycles. The van der Waals surface area contributed by atoms with E-state index < -0.39 is 19.9 Å². The molecule has 1 aromatic rings. The number of halogens is 1. The molecule has 9 heteroatoms. The maximum atomic E-state index is 11.8. The van der Waals surface area contributed by atoms with Crippen LogP contribution in [-0.4, -0.2) is 39.9 Å². The zero-order valence-corrected chi connectivity index (χ0v) is 12.0. The van der Waals surface area contributed by atoms with Gasteiger partial charge < -0.3 is 0 Å². The van der Waals surface area contributed by atoms with Gasteiger partial charge in [0.15, 0.2) is 9.84 Å². The fourth-order valence-corrected chi connectivity index (χ4v) is 3.22. The summed E-state index contributed by atoms with van der Waals surface area (Å²) in [4.78, 5) is 3.62. The molecular formula is C9H13ClN2O4S2. The van der Waals surface area contributed by atoms with E-state index in [1.165, 1.54) is 25.3 Å². The van der Waals surface area contributed by atoms with E-state index in [0.717, 1.165) is 0 Å². The zero-order valence-electron chi connectivity index (χ0n) is 9.63. The number of aromatic nitrogens is 1. The van der Waals surface area contributed by atoms with Gasteiger partial charge in [-0.2, -0.15) is 0 Å². The molecule has 0 unspecified atom stereocenters. The highest BCUT2D eigenvalue weighted by Gasteiger charge is 2.16. The number of hydrogen-bond donors (Lipinski definition) is 1. The standard InChI is InChI=1S/C9H13ClN2O4S2/c1-2-17(13,14)6-5-12-18(15,16)8-3-4-11-9(10)7-8/h3-4,7,12H,2,5-6H2,1H3. The van der Waals surface area contributed by atoms with E-state index >= 15 is 0 Å². The Morgan fingerprint density at radius 2 is 2.00 bits per heavy atom. The molecule has 0 atom stereocenters. The molecular weight excluding hydrogens is 300 g/mol. The maximum Gasteiger partial charge on any atom is 0.240 e. The minimum atomic E-state index is -3.75. The number of sulfonamides is 1. The van der Waals surface area contributed by atoms with Crippen molar-refractivity contribution in [2.75, 3.05) is 18.1 Å². The predicted octanol–water partition coefficient (Wildman–Crippen LogP) is 0.448. The van der Waals surface area contributed by atoms with Crippen LogP contribution in [0.3, 0.4) is 0 Å². The van der Waals surface area contributed by atoms with Crippen LogP contribution in [-0.2, 0) is 19.9 Å². The molecule has 0 aliphatic carbocycles. The van der Waals surface area contributed by atoms with Crippen LogP contribution < -0.4 is 4.72 Å². The summed E-state index contributed by atoms with van der Waals surface area (Å²) in [5, 5.41) is 0.0547. The quantitative estimate of drug-likeness (QED) is 0.770. The number of nitrogens with one attached hydrogen (secondary N) is 1. The molecule has 0 saturated carbocycles. The average Bonchev–Trinajstić information content (AvgIpc) is 2.28. The lowest BCUT2D eigenvalue weighted by Crippen LogP contribution is -2.29. The minimum Gasteiger partial charge on any atom is -0.244 e. The van der Waals surface area contributed by atoms with Crippen molar-refractivity contribution in [3.63, 3.8) is 0 Å². The van der Waals surface area contributed by atoms with Gasteiger partial charge in [0.25, 0.3) is 0 Å².